The lowest BCUT2D eigenvalue weighted by Crippen LogP contribution is -2.19. The van der Waals surface area contributed by atoms with Crippen LogP contribution in [0.5, 0.6) is 11.5 Å². The van der Waals surface area contributed by atoms with Gasteiger partial charge in [-0.2, -0.15) is 0 Å². The third-order valence-electron chi connectivity index (χ3n) is 3.14. The van der Waals surface area contributed by atoms with Crippen LogP contribution in [0.15, 0.2) is 23.1 Å². The van der Waals surface area contributed by atoms with Crippen LogP contribution in [0.4, 0.5) is 23.2 Å². The molecule has 0 bridgehead atoms. The Kier molecular flexibility index (Phi) is 4.61. The van der Waals surface area contributed by atoms with Crippen molar-refractivity contribution in [3.63, 3.8) is 0 Å². The molecule has 2 aromatic rings. The lowest BCUT2D eigenvalue weighted by Gasteiger charge is -2.13. The molecule has 0 spiro atoms. The van der Waals surface area contributed by atoms with E-state index in [1.807, 2.05) is 0 Å². The molecular weight excluding hydrogens is 354 g/mol. The van der Waals surface area contributed by atoms with E-state index in [-0.39, 0.29) is 11.4 Å². The first-order valence-electron chi connectivity index (χ1n) is 6.32. The minimum atomic E-state index is -4.93. The van der Waals surface area contributed by atoms with Gasteiger partial charge in [0.25, 0.3) is 10.0 Å². The van der Waals surface area contributed by atoms with Gasteiger partial charge in [0.05, 0.1) is 12.8 Å². The summed E-state index contributed by atoms with van der Waals surface area (Å²) in [5.74, 6) is -8.27. The molecule has 0 atom stereocenters. The Morgan fingerprint density at radius 3 is 2.21 bits per heavy atom. The smallest absolute Gasteiger partial charge is 0.267 e. The van der Waals surface area contributed by atoms with Crippen molar-refractivity contribution in [2.24, 2.45) is 0 Å². The number of hydrogen-bond donors (Lipinski definition) is 2. The van der Waals surface area contributed by atoms with Gasteiger partial charge in [0.2, 0.25) is 0 Å². The van der Waals surface area contributed by atoms with Gasteiger partial charge in [0.1, 0.15) is 0 Å². The number of nitrogens with one attached hydrogen (secondary N) is 1. The summed E-state index contributed by atoms with van der Waals surface area (Å²) in [7, 11) is -3.67. The van der Waals surface area contributed by atoms with Crippen molar-refractivity contribution in [1.82, 2.24) is 0 Å². The molecule has 24 heavy (non-hydrogen) atoms. The van der Waals surface area contributed by atoms with E-state index in [1.165, 1.54) is 13.2 Å². The predicted molar refractivity (Wildman–Crippen MR) is 76.5 cm³/mol. The molecule has 0 fully saturated rings. The van der Waals surface area contributed by atoms with Crippen molar-refractivity contribution in [3.05, 3.63) is 47.0 Å². The number of hydrogen-bond acceptors (Lipinski definition) is 4. The van der Waals surface area contributed by atoms with Crippen molar-refractivity contribution in [2.45, 2.75) is 11.8 Å². The molecule has 0 aliphatic heterocycles. The van der Waals surface area contributed by atoms with Gasteiger partial charge in [-0.05, 0) is 19.1 Å². The van der Waals surface area contributed by atoms with Crippen molar-refractivity contribution in [1.29, 1.82) is 0 Å². The third-order valence-corrected chi connectivity index (χ3v) is 4.54. The first-order valence-corrected chi connectivity index (χ1v) is 7.80. The van der Waals surface area contributed by atoms with Gasteiger partial charge >= 0.3 is 0 Å². The van der Waals surface area contributed by atoms with Gasteiger partial charge in [-0.15, -0.1) is 0 Å². The number of aromatic hydroxyl groups is 1. The Balaban J connectivity index is 2.55. The Morgan fingerprint density at radius 2 is 1.67 bits per heavy atom. The van der Waals surface area contributed by atoms with Crippen LogP contribution in [0.3, 0.4) is 0 Å². The fourth-order valence-corrected chi connectivity index (χ4v) is 3.17. The molecule has 0 heterocycles. The van der Waals surface area contributed by atoms with Crippen LogP contribution in [-0.4, -0.2) is 20.6 Å². The van der Waals surface area contributed by atoms with Crippen LogP contribution in [-0.2, 0) is 10.0 Å². The normalized spacial score (nSPS) is 11.4. The molecule has 0 unspecified atom stereocenters. The summed E-state index contributed by atoms with van der Waals surface area (Å²) in [4.78, 5) is -1.66. The maximum Gasteiger partial charge on any atom is 0.267 e. The number of anilines is 1. The second-order valence-electron chi connectivity index (χ2n) is 4.70. The summed E-state index contributed by atoms with van der Waals surface area (Å²) >= 11 is 0. The molecule has 10 heteroatoms. The lowest BCUT2D eigenvalue weighted by atomic mass is 10.2. The lowest BCUT2D eigenvalue weighted by molar-refractivity contribution is 0.373. The Morgan fingerprint density at radius 1 is 1.04 bits per heavy atom. The molecule has 0 saturated heterocycles. The van der Waals surface area contributed by atoms with Gasteiger partial charge < -0.3 is 9.84 Å². The number of halogens is 4. The molecule has 0 saturated carbocycles. The first-order chi connectivity index (χ1) is 11.1. The Hall–Kier alpha value is -2.49. The van der Waals surface area contributed by atoms with E-state index in [4.69, 9.17) is 4.74 Å². The standard InChI is InChI=1S/C14H11F4NO4S/c1-6-10(15)12(17)13(18)14(11(6)16)24(21,22)19-7-3-4-9(23-2)8(20)5-7/h3-5,19-20H,1-2H3. The van der Waals surface area contributed by atoms with Crippen LogP contribution >= 0.6 is 0 Å². The molecule has 0 aliphatic rings. The van der Waals surface area contributed by atoms with Gasteiger partial charge in [-0.25, -0.2) is 26.0 Å². The molecule has 0 aromatic heterocycles. The molecule has 2 aromatic carbocycles. The second-order valence-corrected chi connectivity index (χ2v) is 6.32. The summed E-state index contributed by atoms with van der Waals surface area (Å²) in [6.07, 6.45) is 0. The van der Waals surface area contributed by atoms with Gasteiger partial charge in [0.15, 0.2) is 39.7 Å². The van der Waals surface area contributed by atoms with Gasteiger partial charge in [-0.1, -0.05) is 0 Å². The summed E-state index contributed by atoms with van der Waals surface area (Å²) in [5, 5.41) is 9.57. The molecule has 130 valence electrons. The zero-order chi connectivity index (χ0) is 18.2. The minimum absolute atomic E-state index is 0.0268. The van der Waals surface area contributed by atoms with E-state index in [1.54, 1.807) is 4.72 Å². The van der Waals surface area contributed by atoms with Crippen LogP contribution in [0.25, 0.3) is 0 Å². The van der Waals surface area contributed by atoms with Crippen molar-refractivity contribution < 1.29 is 35.8 Å². The Labute approximate surface area is 134 Å². The summed E-state index contributed by atoms with van der Waals surface area (Å²) < 4.78 is 85.2. The molecule has 0 amide bonds. The first kappa shape index (κ1) is 17.9. The van der Waals surface area contributed by atoms with E-state index >= 15 is 0 Å². The van der Waals surface area contributed by atoms with E-state index < -0.39 is 49.5 Å². The minimum Gasteiger partial charge on any atom is -0.504 e. The van der Waals surface area contributed by atoms with Crippen molar-refractivity contribution in [3.8, 4) is 11.5 Å². The number of benzene rings is 2. The molecule has 2 N–H and O–H groups in total. The second kappa shape index (κ2) is 6.19. The fraction of sp³-hybridized carbons (Fsp3) is 0.143. The van der Waals surface area contributed by atoms with Crippen molar-refractivity contribution >= 4 is 15.7 Å². The van der Waals surface area contributed by atoms with E-state index in [0.717, 1.165) is 19.1 Å². The summed E-state index contributed by atoms with van der Waals surface area (Å²) in [6, 6.07) is 3.24. The highest BCUT2D eigenvalue weighted by molar-refractivity contribution is 7.92. The number of phenolic OH excluding ortho intramolecular Hbond substituents is 1. The largest absolute Gasteiger partial charge is 0.504 e. The number of sulfonamides is 1. The molecule has 2 rings (SSSR count). The van der Waals surface area contributed by atoms with Gasteiger partial charge in [-0.3, -0.25) is 4.72 Å². The predicted octanol–water partition coefficient (Wildman–Crippen LogP) is 3.07. The van der Waals surface area contributed by atoms with E-state index in [2.05, 4.69) is 0 Å². The highest BCUT2D eigenvalue weighted by atomic mass is 32.2. The highest BCUT2D eigenvalue weighted by Gasteiger charge is 2.31. The Bertz CT molecular complexity index is 886. The number of rotatable bonds is 4. The zero-order valence-electron chi connectivity index (χ0n) is 12.3. The van der Waals surface area contributed by atoms with Crippen LogP contribution in [0.1, 0.15) is 5.56 Å². The fourth-order valence-electron chi connectivity index (χ4n) is 1.92. The highest BCUT2D eigenvalue weighted by Crippen LogP contribution is 2.32. The van der Waals surface area contributed by atoms with E-state index in [0.29, 0.717) is 0 Å². The zero-order valence-corrected chi connectivity index (χ0v) is 13.1. The number of ether oxygens (including phenoxy) is 1. The SMILES string of the molecule is COc1ccc(NS(=O)(=O)c2c(F)c(C)c(F)c(F)c2F)cc1O. The van der Waals surface area contributed by atoms with Crippen LogP contribution in [0.2, 0.25) is 0 Å². The topological polar surface area (TPSA) is 75.6 Å². The molecular formula is C14H11F4NO4S. The molecule has 5 nitrogen and oxygen atoms in total. The van der Waals surface area contributed by atoms with Crippen LogP contribution < -0.4 is 9.46 Å². The average molecular weight is 365 g/mol. The molecule has 0 radical (unpaired) electrons. The van der Waals surface area contributed by atoms with E-state index in [9.17, 15) is 31.1 Å². The molecule has 0 aliphatic carbocycles. The van der Waals surface area contributed by atoms with Gasteiger partial charge in [0, 0.05) is 11.6 Å². The van der Waals surface area contributed by atoms with Crippen molar-refractivity contribution in [2.75, 3.05) is 11.8 Å². The summed E-state index contributed by atoms with van der Waals surface area (Å²) in [6.45, 7) is 0.769. The quantitative estimate of drug-likeness (QED) is 0.496. The third kappa shape index (κ3) is 2.96. The van der Waals surface area contributed by atoms with Crippen LogP contribution in [0, 0.1) is 30.2 Å². The number of methoxy groups -OCH3 is 1. The number of phenols is 1. The average Bonchev–Trinajstić information content (AvgIpc) is 2.50. The summed E-state index contributed by atoms with van der Waals surface area (Å²) in [5.41, 5.74) is -1.25. The maximum atomic E-state index is 14.0. The monoisotopic (exact) mass is 365 g/mol. The maximum absolute atomic E-state index is 14.0.